The second kappa shape index (κ2) is 8.16. The lowest BCUT2D eigenvalue weighted by molar-refractivity contribution is 0.700. The highest BCUT2D eigenvalue weighted by Gasteiger charge is 1.99. The summed E-state index contributed by atoms with van der Waals surface area (Å²) in [6, 6.07) is 0. The molecule has 0 nitrogen and oxygen atoms in total. The summed E-state index contributed by atoms with van der Waals surface area (Å²) in [6.07, 6.45) is 0. The van der Waals surface area contributed by atoms with Crippen LogP contribution in [0.2, 0.25) is 10.6 Å². The predicted molar refractivity (Wildman–Crippen MR) is 60.6 cm³/mol. The van der Waals surface area contributed by atoms with Crippen LogP contribution in [0.1, 0.15) is 30.5 Å². The van der Waals surface area contributed by atoms with Crippen LogP contribution in [0, 0.1) is 11.8 Å². The van der Waals surface area contributed by atoms with Gasteiger partial charge in [-0.3, -0.25) is 0 Å². The van der Waals surface area contributed by atoms with E-state index in [9.17, 15) is 0 Å². The van der Waals surface area contributed by atoms with Crippen molar-refractivity contribution in [3.05, 3.63) is 0 Å². The minimum absolute atomic E-state index is 0. The van der Waals surface area contributed by atoms with Gasteiger partial charge < -0.3 is 0 Å². The van der Waals surface area contributed by atoms with Crippen LogP contribution in [-0.2, 0) is 0 Å². The van der Waals surface area contributed by atoms with Gasteiger partial charge in [-0.1, -0.05) is 50.1 Å². The van der Waals surface area contributed by atoms with Gasteiger partial charge in [0.1, 0.15) is 0 Å². The van der Waals surface area contributed by atoms with Gasteiger partial charge in [-0.05, 0) is 0 Å². The van der Waals surface area contributed by atoms with Gasteiger partial charge in [-0.15, -0.1) is 0 Å². The average molecular weight is 176 g/mol. The monoisotopic (exact) mass is 176 g/mol. The zero-order chi connectivity index (χ0) is 7.28. The van der Waals surface area contributed by atoms with Crippen molar-refractivity contribution in [3.63, 3.8) is 0 Å². The Morgan fingerprint density at radius 1 is 1.00 bits per heavy atom. The first-order valence-corrected chi connectivity index (χ1v) is 6.13. The first-order valence-electron chi connectivity index (χ1n) is 4.13. The molecule has 0 radical (unpaired) electrons. The van der Waals surface area contributed by atoms with Crippen molar-refractivity contribution in [2.45, 2.75) is 38.3 Å². The Balaban J connectivity index is -0.000000107. The highest BCUT2D eigenvalue weighted by molar-refractivity contribution is 6.35. The van der Waals surface area contributed by atoms with Crippen LogP contribution in [0.5, 0.6) is 0 Å². The van der Waals surface area contributed by atoms with Gasteiger partial charge in [0.2, 0.25) is 15.2 Å². The molecule has 0 aliphatic carbocycles. The molecule has 0 aromatic rings. The van der Waals surface area contributed by atoms with Crippen LogP contribution in [0.4, 0.5) is 0 Å². The van der Waals surface area contributed by atoms with Crippen LogP contribution in [-0.4, -0.2) is 32.6 Å². The largest absolute Gasteiger partial charge is 0.237 e. The molecule has 0 unspecified atom stereocenters. The van der Waals surface area contributed by atoms with E-state index in [-0.39, 0.29) is 20.2 Å². The van der Waals surface area contributed by atoms with E-state index < -0.39 is 0 Å². The summed E-state index contributed by atoms with van der Waals surface area (Å²) < 4.78 is 0. The van der Waals surface area contributed by atoms with Crippen LogP contribution in [0.3, 0.4) is 0 Å². The third-order valence-electron chi connectivity index (χ3n) is 1.56. The molecule has 10 heavy (non-hydrogen) atoms. The molecule has 0 fully saturated rings. The zero-order valence-corrected chi connectivity index (χ0v) is 8.69. The highest BCUT2D eigenvalue weighted by atomic mass is 27.1. The van der Waals surface area contributed by atoms with E-state index in [0.29, 0.717) is 15.2 Å². The van der Waals surface area contributed by atoms with Crippen molar-refractivity contribution in [1.29, 1.82) is 0 Å². The predicted octanol–water partition coefficient (Wildman–Crippen LogP) is 1.88. The molecular weight excluding hydrogens is 150 g/mol. The molecule has 64 valence electrons. The molecule has 0 saturated heterocycles. The molecular formula is C8H26Al2. The number of rotatable bonds is 4. The average Bonchev–Trinajstić information content (AvgIpc) is 1.63. The molecule has 0 aliphatic rings. The van der Waals surface area contributed by atoms with Crippen LogP contribution in [0.15, 0.2) is 0 Å². The molecule has 0 atom stereocenters. The van der Waals surface area contributed by atoms with E-state index in [4.69, 9.17) is 0 Å². The molecule has 0 aromatic carbocycles. The molecule has 2 heteroatoms. The standard InChI is InChI=1S/2C4H9.2Al.2H2.4H/c2*1-4(2)3;;;;;;;;/h2*4H,1H2,2-3H3;;;2*1H;;;;. The lowest BCUT2D eigenvalue weighted by atomic mass is 10.3. The van der Waals surface area contributed by atoms with Crippen LogP contribution < -0.4 is 0 Å². The van der Waals surface area contributed by atoms with Crippen LogP contribution in [0.25, 0.3) is 0 Å². The Kier molecular flexibility index (Phi) is 11.1. The van der Waals surface area contributed by atoms with E-state index >= 15 is 0 Å². The van der Waals surface area contributed by atoms with Crippen molar-refractivity contribution in [3.8, 4) is 0 Å². The molecule has 0 aliphatic heterocycles. The van der Waals surface area contributed by atoms with E-state index in [1.54, 1.807) is 0 Å². The van der Waals surface area contributed by atoms with Gasteiger partial charge in [0, 0.05) is 2.85 Å². The van der Waals surface area contributed by atoms with E-state index in [0.717, 1.165) is 11.8 Å². The first-order chi connectivity index (χ1) is 4.13. The van der Waals surface area contributed by atoms with E-state index in [1.165, 1.54) is 10.6 Å². The maximum atomic E-state index is 2.33. The summed E-state index contributed by atoms with van der Waals surface area (Å²) in [5.41, 5.74) is 0. The maximum Gasteiger partial charge on any atom is 0.237 e. The summed E-state index contributed by atoms with van der Waals surface area (Å²) in [5.74, 6) is 1.91. The molecule has 0 aromatic heterocycles. The third kappa shape index (κ3) is 11.8. The Hall–Kier alpha value is 1.06. The van der Waals surface area contributed by atoms with Gasteiger partial charge in [-0.25, -0.2) is 0 Å². The van der Waals surface area contributed by atoms with Gasteiger partial charge >= 0.3 is 0 Å². The Bertz CT molecular complexity index is 60.1. The third-order valence-corrected chi connectivity index (χ3v) is 4.69. The van der Waals surface area contributed by atoms with E-state index in [1.807, 2.05) is 0 Å². The summed E-state index contributed by atoms with van der Waals surface area (Å²) in [4.78, 5) is 0. The molecule has 0 bridgehead atoms. The van der Waals surface area contributed by atoms with Gasteiger partial charge in [-0.2, -0.15) is 0 Å². The molecule has 0 rings (SSSR count). The Morgan fingerprint density at radius 2 is 1.30 bits per heavy atom. The fourth-order valence-electron chi connectivity index (χ4n) is 0.934. The summed E-state index contributed by atoms with van der Waals surface area (Å²) >= 11 is 0.316. The van der Waals surface area contributed by atoms with Crippen molar-refractivity contribution in [2.24, 2.45) is 11.8 Å². The smallest absolute Gasteiger partial charge is 0.0950 e. The molecule has 0 saturated carbocycles. The molecule has 0 heterocycles. The van der Waals surface area contributed by atoms with Crippen molar-refractivity contribution in [2.75, 3.05) is 0 Å². The first kappa shape index (κ1) is 13.6. The minimum Gasteiger partial charge on any atom is -0.0950 e. The summed E-state index contributed by atoms with van der Waals surface area (Å²) in [6.45, 7) is 9.31. The van der Waals surface area contributed by atoms with Gasteiger partial charge in [0.15, 0.2) is 17.4 Å². The minimum atomic E-state index is 0. The van der Waals surface area contributed by atoms with Gasteiger partial charge in [0.05, 0.1) is 0 Å². The number of hydrogen-bond donors (Lipinski definition) is 0. The second-order valence-electron chi connectivity index (χ2n) is 3.72. The van der Waals surface area contributed by atoms with Crippen molar-refractivity contribution in [1.82, 2.24) is 0 Å². The number of hydrogen-bond acceptors (Lipinski definition) is 0. The zero-order valence-electron chi connectivity index (χ0n) is 7.28. The fraction of sp³-hybridized carbons (Fsp3) is 1.00. The molecule has 0 spiro atoms. The molecule has 0 amide bonds. The fourth-order valence-corrected chi connectivity index (χ4v) is 2.80. The maximum absolute atomic E-state index is 2.33. The lowest BCUT2D eigenvalue weighted by Gasteiger charge is -2.03. The quantitative estimate of drug-likeness (QED) is 0.574. The van der Waals surface area contributed by atoms with Crippen LogP contribution >= 0.6 is 0 Å². The van der Waals surface area contributed by atoms with E-state index in [2.05, 4.69) is 27.7 Å². The molecule has 0 N–H and O–H groups in total. The second-order valence-corrected chi connectivity index (χ2v) is 5.58. The van der Waals surface area contributed by atoms with Crippen molar-refractivity contribution < 1.29 is 2.85 Å². The Morgan fingerprint density at radius 3 is 1.50 bits per heavy atom. The normalized spacial score (nSPS) is 9.80. The van der Waals surface area contributed by atoms with Gasteiger partial charge in [0.25, 0.3) is 0 Å². The Labute approximate surface area is 85.6 Å². The highest BCUT2D eigenvalue weighted by Crippen LogP contribution is 2.05. The van der Waals surface area contributed by atoms with Crippen molar-refractivity contribution >= 4 is 32.6 Å². The topological polar surface area (TPSA) is 0 Å². The lowest BCUT2D eigenvalue weighted by Crippen LogP contribution is -1.99. The summed E-state index contributed by atoms with van der Waals surface area (Å²) in [5, 5.41) is 3.08. The summed E-state index contributed by atoms with van der Waals surface area (Å²) in [7, 11) is 0. The SMILES string of the molecule is CC(C)[CH2][AlH][CH2]C(C)C.[AlH3].[HH].[HH].